The molecule has 1 aromatic carbocycles. The first-order chi connectivity index (χ1) is 11.1. The average molecular weight is 430 g/mol. The lowest BCUT2D eigenvalue weighted by Gasteiger charge is -2.36. The van der Waals surface area contributed by atoms with Gasteiger partial charge in [0, 0.05) is 0 Å². The number of hydrogen-bond donors (Lipinski definition) is 1. The molecule has 1 rings (SSSR count). The summed E-state index contributed by atoms with van der Waals surface area (Å²) >= 11 is 24.1. The van der Waals surface area contributed by atoms with E-state index in [1.54, 1.807) is 41.5 Å². The molecule has 140 valence electrons. The van der Waals surface area contributed by atoms with Crippen LogP contribution in [-0.4, -0.2) is 28.1 Å². The molecule has 0 bridgehead atoms. The number of carbonyl (C=O) groups is 2. The van der Waals surface area contributed by atoms with Crippen LogP contribution in [0.1, 0.15) is 51.9 Å². The minimum Gasteiger partial charge on any atom is -0.443 e. The van der Waals surface area contributed by atoms with Gasteiger partial charge in [0.2, 0.25) is 0 Å². The second-order valence-corrected chi connectivity index (χ2v) is 8.81. The topological polar surface area (TPSA) is 58.6 Å². The fourth-order valence-electron chi connectivity index (χ4n) is 1.76. The lowest BCUT2D eigenvalue weighted by atomic mass is 10.1. The molecular formula is C16H20Cl4N2O3. The molecule has 1 N–H and O–H groups in total. The lowest BCUT2D eigenvalue weighted by Crippen LogP contribution is -2.56. The summed E-state index contributed by atoms with van der Waals surface area (Å²) in [4.78, 5) is 25.0. The number of nitrogens with zero attached hydrogens (tertiary/aromatic N) is 1. The summed E-state index contributed by atoms with van der Waals surface area (Å²) in [5.74, 6) is -0.608. The maximum Gasteiger partial charge on any atom is 0.426 e. The monoisotopic (exact) mass is 428 g/mol. The maximum absolute atomic E-state index is 12.9. The van der Waals surface area contributed by atoms with E-state index in [0.717, 1.165) is 5.01 Å². The van der Waals surface area contributed by atoms with Crippen molar-refractivity contribution in [1.82, 2.24) is 10.4 Å². The molecule has 0 saturated heterocycles. The van der Waals surface area contributed by atoms with Gasteiger partial charge in [-0.3, -0.25) is 4.79 Å². The van der Waals surface area contributed by atoms with Gasteiger partial charge in [-0.05, 0) is 47.6 Å². The molecule has 0 aromatic heterocycles. The fraction of sp³-hybridized carbons (Fsp3) is 0.500. The molecule has 2 amide bonds. The number of ether oxygens (including phenoxy) is 1. The van der Waals surface area contributed by atoms with E-state index in [0.29, 0.717) is 0 Å². The quantitative estimate of drug-likeness (QED) is 0.339. The van der Waals surface area contributed by atoms with Crippen LogP contribution < -0.4 is 5.43 Å². The van der Waals surface area contributed by atoms with Gasteiger partial charge in [0.1, 0.15) is 5.60 Å². The number of carbonyl (C=O) groups excluding carboxylic acids is 2. The summed E-state index contributed by atoms with van der Waals surface area (Å²) in [6, 6.07) is 1.30. The Morgan fingerprint density at radius 3 is 1.92 bits per heavy atom. The Kier molecular flexibility index (Phi) is 6.90. The highest BCUT2D eigenvalue weighted by Gasteiger charge is 2.33. The van der Waals surface area contributed by atoms with Gasteiger partial charge in [-0.15, -0.1) is 0 Å². The number of halogens is 4. The summed E-state index contributed by atoms with van der Waals surface area (Å²) in [5, 5.41) is 1.13. The standard InChI is InChI=1S/C16H20Cl4N2O3/c1-15(2,3)22(21-14(24)25-16(4,5)6)13(23)8-7-9(17)11(19)12(20)10(8)18/h7H,1-6H3,(H,21,24). The van der Waals surface area contributed by atoms with Crippen molar-refractivity contribution < 1.29 is 14.3 Å². The predicted molar refractivity (Wildman–Crippen MR) is 102 cm³/mol. The molecule has 0 radical (unpaired) electrons. The highest BCUT2D eigenvalue weighted by Crippen LogP contribution is 2.39. The first-order valence-corrected chi connectivity index (χ1v) is 8.83. The smallest absolute Gasteiger partial charge is 0.426 e. The van der Waals surface area contributed by atoms with Crippen LogP contribution in [0, 0.1) is 0 Å². The number of hydrazine groups is 1. The highest BCUT2D eigenvalue weighted by atomic mass is 35.5. The molecule has 0 spiro atoms. The Hall–Kier alpha value is -0.880. The second-order valence-electron chi connectivity index (χ2n) is 7.27. The summed E-state index contributed by atoms with van der Waals surface area (Å²) in [6.45, 7) is 10.3. The number of hydrogen-bond acceptors (Lipinski definition) is 3. The van der Waals surface area contributed by atoms with E-state index in [9.17, 15) is 9.59 Å². The zero-order valence-electron chi connectivity index (χ0n) is 14.8. The molecule has 0 atom stereocenters. The van der Waals surface area contributed by atoms with Crippen molar-refractivity contribution in [3.63, 3.8) is 0 Å². The lowest BCUT2D eigenvalue weighted by molar-refractivity contribution is 0.0118. The summed E-state index contributed by atoms with van der Waals surface area (Å²) in [7, 11) is 0. The normalized spacial score (nSPS) is 11.9. The van der Waals surface area contributed by atoms with Gasteiger partial charge >= 0.3 is 6.09 Å². The number of benzene rings is 1. The Balaban J connectivity index is 3.26. The zero-order valence-corrected chi connectivity index (χ0v) is 17.8. The van der Waals surface area contributed by atoms with Gasteiger partial charge in [0.05, 0.1) is 31.2 Å². The van der Waals surface area contributed by atoms with Crippen LogP contribution in [0.25, 0.3) is 0 Å². The molecule has 1 aromatic rings. The van der Waals surface area contributed by atoms with Crippen LogP contribution in [0.4, 0.5) is 4.79 Å². The third kappa shape index (κ3) is 5.81. The Morgan fingerprint density at radius 2 is 1.48 bits per heavy atom. The van der Waals surface area contributed by atoms with E-state index >= 15 is 0 Å². The summed E-state index contributed by atoms with van der Waals surface area (Å²) in [6.07, 6.45) is -0.780. The van der Waals surface area contributed by atoms with Crippen LogP contribution >= 0.6 is 46.4 Å². The first-order valence-electron chi connectivity index (χ1n) is 7.32. The van der Waals surface area contributed by atoms with Gasteiger partial charge in [-0.2, -0.15) is 0 Å². The van der Waals surface area contributed by atoms with Gasteiger partial charge in [0.15, 0.2) is 0 Å². The molecule has 0 saturated carbocycles. The van der Waals surface area contributed by atoms with Crippen molar-refractivity contribution in [2.24, 2.45) is 0 Å². The van der Waals surface area contributed by atoms with Gasteiger partial charge in [-0.1, -0.05) is 46.4 Å². The van der Waals surface area contributed by atoms with E-state index in [4.69, 9.17) is 51.1 Å². The van der Waals surface area contributed by atoms with E-state index in [1.165, 1.54) is 6.07 Å². The summed E-state index contributed by atoms with van der Waals surface area (Å²) < 4.78 is 5.20. The number of nitrogens with one attached hydrogen (secondary N) is 1. The van der Waals surface area contributed by atoms with Crippen LogP contribution in [0.5, 0.6) is 0 Å². The van der Waals surface area contributed by atoms with Gasteiger partial charge in [-0.25, -0.2) is 15.2 Å². The number of rotatable bonds is 1. The van der Waals surface area contributed by atoms with Crippen molar-refractivity contribution in [2.75, 3.05) is 0 Å². The van der Waals surface area contributed by atoms with Crippen molar-refractivity contribution in [3.8, 4) is 0 Å². The minimum atomic E-state index is -0.782. The van der Waals surface area contributed by atoms with Crippen LogP contribution in [0.15, 0.2) is 6.07 Å². The third-order valence-electron chi connectivity index (χ3n) is 2.81. The van der Waals surface area contributed by atoms with E-state index < -0.39 is 23.1 Å². The fourth-order valence-corrected chi connectivity index (χ4v) is 2.65. The Labute approximate surface area is 167 Å². The highest BCUT2D eigenvalue weighted by molar-refractivity contribution is 6.52. The van der Waals surface area contributed by atoms with Crippen molar-refractivity contribution >= 4 is 58.4 Å². The molecule has 0 aliphatic carbocycles. The Morgan fingerprint density at radius 1 is 0.960 bits per heavy atom. The average Bonchev–Trinajstić information content (AvgIpc) is 2.42. The molecule has 0 aliphatic heterocycles. The molecule has 0 unspecified atom stereocenters. The van der Waals surface area contributed by atoms with Crippen molar-refractivity contribution in [1.29, 1.82) is 0 Å². The van der Waals surface area contributed by atoms with E-state index in [2.05, 4.69) is 5.43 Å². The molecule has 0 heterocycles. The first kappa shape index (κ1) is 22.2. The van der Waals surface area contributed by atoms with Crippen molar-refractivity contribution in [3.05, 3.63) is 31.7 Å². The SMILES string of the molecule is CC(C)(C)OC(=O)NN(C(=O)c1cc(Cl)c(Cl)c(Cl)c1Cl)C(C)(C)C. The van der Waals surface area contributed by atoms with Crippen LogP contribution in [0.2, 0.25) is 20.1 Å². The van der Waals surface area contributed by atoms with E-state index in [-0.39, 0.29) is 25.7 Å². The van der Waals surface area contributed by atoms with Crippen LogP contribution in [0.3, 0.4) is 0 Å². The Bertz CT molecular complexity index is 694. The number of amides is 2. The minimum absolute atomic E-state index is 0.00653. The maximum atomic E-state index is 12.9. The van der Waals surface area contributed by atoms with Gasteiger partial charge in [0.25, 0.3) is 5.91 Å². The molecular weight excluding hydrogens is 410 g/mol. The molecule has 0 aliphatic rings. The molecule has 9 heteroatoms. The second kappa shape index (κ2) is 7.78. The van der Waals surface area contributed by atoms with Crippen LogP contribution in [-0.2, 0) is 4.74 Å². The van der Waals surface area contributed by atoms with Gasteiger partial charge < -0.3 is 4.74 Å². The largest absolute Gasteiger partial charge is 0.443 e. The molecule has 5 nitrogen and oxygen atoms in total. The molecule has 0 fully saturated rings. The zero-order chi connectivity index (χ0) is 19.7. The van der Waals surface area contributed by atoms with Crippen molar-refractivity contribution in [2.45, 2.75) is 52.7 Å². The molecule has 25 heavy (non-hydrogen) atoms. The summed E-state index contributed by atoms with van der Waals surface area (Å²) in [5.41, 5.74) is 0.941. The predicted octanol–water partition coefficient (Wildman–Crippen LogP) is 5.98. The van der Waals surface area contributed by atoms with E-state index in [1.807, 2.05) is 0 Å². The third-order valence-corrected chi connectivity index (χ3v) is 4.56.